The molecule has 0 aromatic rings. The number of hydrogen-bond acceptors (Lipinski definition) is 4. The van der Waals surface area contributed by atoms with Crippen molar-refractivity contribution in [2.45, 2.75) is 26.7 Å². The topological polar surface area (TPSA) is 52.6 Å². The van der Waals surface area contributed by atoms with Crippen LogP contribution in [0, 0.1) is 5.92 Å². The molecule has 0 rings (SSSR count). The summed E-state index contributed by atoms with van der Waals surface area (Å²) in [5.74, 6) is -1.22. The third kappa shape index (κ3) is 5.88. The molecule has 0 fully saturated rings. The molecule has 0 amide bonds. The third-order valence-electron chi connectivity index (χ3n) is 1.79. The summed E-state index contributed by atoms with van der Waals surface area (Å²) in [4.78, 5) is 22.6. The van der Waals surface area contributed by atoms with Gasteiger partial charge in [-0.05, 0) is 20.3 Å². The minimum Gasteiger partial charge on any atom is -0.466 e. The molecule has 0 aliphatic rings. The predicted molar refractivity (Wildman–Crippen MR) is 56.2 cm³/mol. The number of hydrogen-bond donors (Lipinski definition) is 0. The highest BCUT2D eigenvalue weighted by Crippen LogP contribution is 2.12. The van der Waals surface area contributed by atoms with Gasteiger partial charge >= 0.3 is 11.9 Å². The SMILES string of the molecule is C=CC[C@@H](CC(=O)OCC)C(=O)OCC. The molecule has 4 nitrogen and oxygen atoms in total. The summed E-state index contributed by atoms with van der Waals surface area (Å²) in [7, 11) is 0. The van der Waals surface area contributed by atoms with Gasteiger partial charge in [0.1, 0.15) is 0 Å². The van der Waals surface area contributed by atoms with Gasteiger partial charge in [-0.3, -0.25) is 9.59 Å². The number of ether oxygens (including phenoxy) is 2. The lowest BCUT2D eigenvalue weighted by Gasteiger charge is -2.12. The summed E-state index contributed by atoms with van der Waals surface area (Å²) >= 11 is 0. The van der Waals surface area contributed by atoms with Crippen molar-refractivity contribution in [2.75, 3.05) is 13.2 Å². The highest BCUT2D eigenvalue weighted by Gasteiger charge is 2.22. The molecule has 4 heteroatoms. The molecule has 0 aromatic heterocycles. The fourth-order valence-corrected chi connectivity index (χ4v) is 1.15. The van der Waals surface area contributed by atoms with Crippen LogP contribution in [0.2, 0.25) is 0 Å². The Labute approximate surface area is 90.2 Å². The van der Waals surface area contributed by atoms with Gasteiger partial charge in [-0.15, -0.1) is 6.58 Å². The third-order valence-corrected chi connectivity index (χ3v) is 1.79. The van der Waals surface area contributed by atoms with Gasteiger partial charge in [0, 0.05) is 0 Å². The van der Waals surface area contributed by atoms with E-state index in [1.165, 1.54) is 0 Å². The highest BCUT2D eigenvalue weighted by atomic mass is 16.5. The Bertz CT molecular complexity index is 223. The molecule has 0 radical (unpaired) electrons. The molecule has 0 saturated carbocycles. The standard InChI is InChI=1S/C11H18O4/c1-4-7-9(11(13)15-6-3)8-10(12)14-5-2/h4,9H,1,5-8H2,2-3H3/t9-/m0/s1. The van der Waals surface area contributed by atoms with Gasteiger partial charge in [-0.1, -0.05) is 6.08 Å². The second-order valence-electron chi connectivity index (χ2n) is 2.98. The Balaban J connectivity index is 4.19. The smallest absolute Gasteiger partial charge is 0.309 e. The van der Waals surface area contributed by atoms with Gasteiger partial charge in [0.15, 0.2) is 0 Å². The molecule has 0 heterocycles. The Morgan fingerprint density at radius 3 is 2.33 bits per heavy atom. The van der Waals surface area contributed by atoms with Crippen LogP contribution in [-0.2, 0) is 19.1 Å². The van der Waals surface area contributed by atoms with E-state index in [0.29, 0.717) is 19.6 Å². The van der Waals surface area contributed by atoms with Crippen LogP contribution < -0.4 is 0 Å². The normalized spacial score (nSPS) is 11.6. The van der Waals surface area contributed by atoms with Crippen LogP contribution in [0.5, 0.6) is 0 Å². The second kappa shape index (κ2) is 8.03. The van der Waals surface area contributed by atoms with Crippen LogP contribution in [0.25, 0.3) is 0 Å². The van der Waals surface area contributed by atoms with E-state index < -0.39 is 5.92 Å². The average molecular weight is 214 g/mol. The van der Waals surface area contributed by atoms with E-state index in [4.69, 9.17) is 9.47 Å². The lowest BCUT2D eigenvalue weighted by atomic mass is 10.0. The van der Waals surface area contributed by atoms with E-state index in [9.17, 15) is 9.59 Å². The summed E-state index contributed by atoms with van der Waals surface area (Å²) in [5, 5.41) is 0. The minimum atomic E-state index is -0.471. The zero-order chi connectivity index (χ0) is 11.7. The van der Waals surface area contributed by atoms with Gasteiger partial charge in [0.05, 0.1) is 25.6 Å². The minimum absolute atomic E-state index is 0.0543. The molecule has 0 N–H and O–H groups in total. The molecular weight excluding hydrogens is 196 g/mol. The first-order valence-electron chi connectivity index (χ1n) is 5.08. The maximum absolute atomic E-state index is 11.4. The van der Waals surface area contributed by atoms with Crippen molar-refractivity contribution in [1.82, 2.24) is 0 Å². The van der Waals surface area contributed by atoms with Crippen LogP contribution in [0.4, 0.5) is 0 Å². The van der Waals surface area contributed by atoms with Crippen molar-refractivity contribution in [3.05, 3.63) is 12.7 Å². The number of esters is 2. The molecule has 0 bridgehead atoms. The molecule has 15 heavy (non-hydrogen) atoms. The van der Waals surface area contributed by atoms with E-state index in [0.717, 1.165) is 0 Å². The maximum atomic E-state index is 11.4. The lowest BCUT2D eigenvalue weighted by molar-refractivity contribution is -0.154. The molecule has 0 unspecified atom stereocenters. The zero-order valence-electron chi connectivity index (χ0n) is 9.32. The van der Waals surface area contributed by atoms with E-state index in [1.54, 1.807) is 19.9 Å². The first-order chi connectivity index (χ1) is 7.15. The summed E-state index contributed by atoms with van der Waals surface area (Å²) in [6.45, 7) is 7.63. The molecule has 0 saturated heterocycles. The number of carbonyl (C=O) groups is 2. The molecule has 0 aliphatic carbocycles. The van der Waals surface area contributed by atoms with E-state index >= 15 is 0 Å². The largest absolute Gasteiger partial charge is 0.466 e. The fraction of sp³-hybridized carbons (Fsp3) is 0.636. The van der Waals surface area contributed by atoms with Gasteiger partial charge in [0.2, 0.25) is 0 Å². The molecule has 0 aliphatic heterocycles. The Kier molecular flexibility index (Phi) is 7.32. The van der Waals surface area contributed by atoms with Crippen molar-refractivity contribution >= 4 is 11.9 Å². The van der Waals surface area contributed by atoms with Crippen LogP contribution in [0.1, 0.15) is 26.7 Å². The molecule has 86 valence electrons. The maximum Gasteiger partial charge on any atom is 0.309 e. The first kappa shape index (κ1) is 13.7. The van der Waals surface area contributed by atoms with E-state index in [1.807, 2.05) is 0 Å². The van der Waals surface area contributed by atoms with Crippen LogP contribution in [-0.4, -0.2) is 25.2 Å². The summed E-state index contributed by atoms with van der Waals surface area (Å²) in [6.07, 6.45) is 2.08. The quantitative estimate of drug-likeness (QED) is 0.478. The predicted octanol–water partition coefficient (Wildman–Crippen LogP) is 1.70. The lowest BCUT2D eigenvalue weighted by Crippen LogP contribution is -2.21. The summed E-state index contributed by atoms with van der Waals surface area (Å²) < 4.78 is 9.61. The van der Waals surface area contributed by atoms with Crippen molar-refractivity contribution in [3.63, 3.8) is 0 Å². The van der Waals surface area contributed by atoms with E-state index in [-0.39, 0.29) is 18.4 Å². The van der Waals surface area contributed by atoms with Crippen molar-refractivity contribution in [2.24, 2.45) is 5.92 Å². The van der Waals surface area contributed by atoms with Gasteiger partial charge < -0.3 is 9.47 Å². The molecule has 0 spiro atoms. The van der Waals surface area contributed by atoms with Gasteiger partial charge in [0.25, 0.3) is 0 Å². The zero-order valence-corrected chi connectivity index (χ0v) is 9.32. The Hall–Kier alpha value is -1.32. The fourth-order valence-electron chi connectivity index (χ4n) is 1.15. The van der Waals surface area contributed by atoms with E-state index in [2.05, 4.69) is 6.58 Å². The van der Waals surface area contributed by atoms with Crippen molar-refractivity contribution in [3.8, 4) is 0 Å². The monoisotopic (exact) mass is 214 g/mol. The van der Waals surface area contributed by atoms with Crippen LogP contribution in [0.15, 0.2) is 12.7 Å². The Morgan fingerprint density at radius 2 is 1.87 bits per heavy atom. The average Bonchev–Trinajstić information content (AvgIpc) is 2.18. The number of carbonyl (C=O) groups excluding carboxylic acids is 2. The van der Waals surface area contributed by atoms with Crippen molar-refractivity contribution in [1.29, 1.82) is 0 Å². The first-order valence-corrected chi connectivity index (χ1v) is 5.08. The Morgan fingerprint density at radius 1 is 1.27 bits per heavy atom. The second-order valence-corrected chi connectivity index (χ2v) is 2.98. The van der Waals surface area contributed by atoms with Gasteiger partial charge in [-0.2, -0.15) is 0 Å². The van der Waals surface area contributed by atoms with Crippen LogP contribution >= 0.6 is 0 Å². The van der Waals surface area contributed by atoms with Crippen LogP contribution in [0.3, 0.4) is 0 Å². The van der Waals surface area contributed by atoms with Gasteiger partial charge in [-0.25, -0.2) is 0 Å². The highest BCUT2D eigenvalue weighted by molar-refractivity contribution is 5.80. The van der Waals surface area contributed by atoms with Crippen molar-refractivity contribution < 1.29 is 19.1 Å². The summed E-state index contributed by atoms with van der Waals surface area (Å²) in [5.41, 5.74) is 0. The number of allylic oxidation sites excluding steroid dienone is 1. The number of rotatable bonds is 7. The molecule has 0 aromatic carbocycles. The molecule has 1 atom stereocenters. The summed E-state index contributed by atoms with van der Waals surface area (Å²) in [6, 6.07) is 0. The molecular formula is C11H18O4.